The highest BCUT2D eigenvalue weighted by molar-refractivity contribution is 5.90. The van der Waals surface area contributed by atoms with Crippen LogP contribution in [0.25, 0.3) is 17.0 Å². The van der Waals surface area contributed by atoms with E-state index < -0.39 is 5.91 Å². The highest BCUT2D eigenvalue weighted by Crippen LogP contribution is 2.38. The van der Waals surface area contributed by atoms with Crippen molar-refractivity contribution in [1.82, 2.24) is 15.4 Å². The lowest BCUT2D eigenvalue weighted by atomic mass is 10.0. The number of aromatic nitrogens is 1. The summed E-state index contributed by atoms with van der Waals surface area (Å²) >= 11 is 0. The second-order valence-electron chi connectivity index (χ2n) is 9.48. The van der Waals surface area contributed by atoms with Gasteiger partial charge in [0.1, 0.15) is 5.75 Å². The third-order valence-electron chi connectivity index (χ3n) is 7.23. The van der Waals surface area contributed by atoms with Gasteiger partial charge in [-0.3, -0.25) is 14.9 Å². The summed E-state index contributed by atoms with van der Waals surface area (Å²) in [4.78, 5) is 17.2. The molecule has 0 aliphatic heterocycles. The van der Waals surface area contributed by atoms with Crippen LogP contribution in [0.5, 0.6) is 5.75 Å². The Balaban J connectivity index is 1.42. The number of aromatic hydroxyl groups is 1. The van der Waals surface area contributed by atoms with Crippen LogP contribution < -0.4 is 5.48 Å². The number of amides is 1. The van der Waals surface area contributed by atoms with E-state index in [4.69, 9.17) is 5.21 Å². The number of hydrogen-bond donors (Lipinski definition) is 4. The first-order chi connectivity index (χ1) is 17.5. The average molecular weight is 482 g/mol. The quantitative estimate of drug-likeness (QED) is 0.153. The third kappa shape index (κ3) is 4.91. The lowest BCUT2D eigenvalue weighted by Crippen LogP contribution is -2.29. The predicted molar refractivity (Wildman–Crippen MR) is 142 cm³/mol. The van der Waals surface area contributed by atoms with Crippen LogP contribution in [-0.2, 0) is 24.2 Å². The maximum absolute atomic E-state index is 11.4. The number of carbonyl (C=O) groups excluding carboxylic acids is 1. The van der Waals surface area contributed by atoms with Gasteiger partial charge in [-0.15, -0.1) is 0 Å². The van der Waals surface area contributed by atoms with Crippen molar-refractivity contribution in [2.75, 3.05) is 6.54 Å². The minimum absolute atomic E-state index is 0.240. The zero-order valence-corrected chi connectivity index (χ0v) is 20.4. The van der Waals surface area contributed by atoms with E-state index in [9.17, 15) is 9.90 Å². The van der Waals surface area contributed by atoms with Gasteiger partial charge in [0.05, 0.1) is 0 Å². The Kier molecular flexibility index (Phi) is 6.89. The summed E-state index contributed by atoms with van der Waals surface area (Å²) in [6.07, 6.45) is 7.99. The summed E-state index contributed by atoms with van der Waals surface area (Å²) < 4.78 is 0. The normalized spacial score (nSPS) is 15.1. The van der Waals surface area contributed by atoms with Crippen LogP contribution in [0.4, 0.5) is 0 Å². The van der Waals surface area contributed by atoms with Gasteiger partial charge < -0.3 is 10.1 Å². The number of rotatable bonds is 8. The molecule has 1 aliphatic carbocycles. The molecule has 184 valence electrons. The first-order valence-corrected chi connectivity index (χ1v) is 12.3. The van der Waals surface area contributed by atoms with Crippen LogP contribution >= 0.6 is 0 Å². The molecule has 1 atom stereocenters. The second kappa shape index (κ2) is 10.4. The van der Waals surface area contributed by atoms with Gasteiger partial charge in [0.2, 0.25) is 0 Å². The minimum atomic E-state index is -0.546. The van der Waals surface area contributed by atoms with E-state index in [1.165, 1.54) is 28.2 Å². The number of hydroxylamine groups is 1. The first kappa shape index (κ1) is 23.9. The van der Waals surface area contributed by atoms with Crippen LogP contribution in [0, 0.1) is 6.92 Å². The predicted octanol–water partition coefficient (Wildman–Crippen LogP) is 5.43. The molecule has 6 nitrogen and oxygen atoms in total. The molecule has 0 saturated heterocycles. The van der Waals surface area contributed by atoms with Crippen molar-refractivity contribution in [3.8, 4) is 5.75 Å². The Morgan fingerprint density at radius 2 is 2.00 bits per heavy atom. The smallest absolute Gasteiger partial charge is 0.267 e. The summed E-state index contributed by atoms with van der Waals surface area (Å²) in [5, 5.41) is 20.7. The van der Waals surface area contributed by atoms with E-state index in [1.807, 2.05) is 37.3 Å². The molecule has 0 bridgehead atoms. The number of nitrogens with one attached hydrogen (secondary N) is 2. The fraction of sp³-hybridized carbons (Fsp3) is 0.233. The van der Waals surface area contributed by atoms with Gasteiger partial charge in [-0.1, -0.05) is 54.6 Å². The number of benzene rings is 3. The van der Waals surface area contributed by atoms with Gasteiger partial charge in [-0.05, 0) is 66.1 Å². The summed E-state index contributed by atoms with van der Waals surface area (Å²) in [5.41, 5.74) is 9.40. The number of aryl methyl sites for hydroxylation is 2. The SMILES string of the molecule is Cc1cccc(CN(CCc2c[nH]c3ccccc23)C2CCc3cc(C=CC(=O)NO)ccc32)c1O. The Labute approximate surface area is 210 Å². The minimum Gasteiger partial charge on any atom is -0.507 e. The Morgan fingerprint density at radius 1 is 1.14 bits per heavy atom. The Hall–Kier alpha value is -3.87. The van der Waals surface area contributed by atoms with Gasteiger partial charge in [0.25, 0.3) is 5.91 Å². The molecule has 4 N–H and O–H groups in total. The van der Waals surface area contributed by atoms with Crippen molar-refractivity contribution in [1.29, 1.82) is 0 Å². The summed E-state index contributed by atoms with van der Waals surface area (Å²) in [7, 11) is 0. The zero-order chi connectivity index (χ0) is 25.1. The molecule has 4 aromatic rings. The molecule has 0 radical (unpaired) electrons. The molecule has 1 heterocycles. The fourth-order valence-electron chi connectivity index (χ4n) is 5.32. The molecule has 1 aromatic heterocycles. The first-order valence-electron chi connectivity index (χ1n) is 12.3. The van der Waals surface area contributed by atoms with Crippen LogP contribution in [0.3, 0.4) is 0 Å². The lowest BCUT2D eigenvalue weighted by molar-refractivity contribution is -0.124. The average Bonchev–Trinajstić information content (AvgIpc) is 3.51. The van der Waals surface area contributed by atoms with E-state index in [2.05, 4.69) is 46.4 Å². The molecule has 0 spiro atoms. The molecule has 1 amide bonds. The van der Waals surface area contributed by atoms with Gasteiger partial charge >= 0.3 is 0 Å². The van der Waals surface area contributed by atoms with Crippen LogP contribution in [0.2, 0.25) is 0 Å². The van der Waals surface area contributed by atoms with Crippen LogP contribution in [-0.4, -0.2) is 32.6 Å². The van der Waals surface area contributed by atoms with Crippen molar-refractivity contribution < 1.29 is 15.1 Å². The molecule has 36 heavy (non-hydrogen) atoms. The molecular weight excluding hydrogens is 450 g/mol. The van der Waals surface area contributed by atoms with Crippen molar-refractivity contribution in [3.05, 3.63) is 106 Å². The molecule has 1 aliphatic rings. The Morgan fingerprint density at radius 3 is 2.86 bits per heavy atom. The van der Waals surface area contributed by atoms with Crippen molar-refractivity contribution in [2.24, 2.45) is 0 Å². The van der Waals surface area contributed by atoms with Gasteiger partial charge in [0.15, 0.2) is 0 Å². The fourth-order valence-corrected chi connectivity index (χ4v) is 5.32. The number of nitrogens with zero attached hydrogens (tertiary/aromatic N) is 1. The van der Waals surface area contributed by atoms with Gasteiger partial charge in [-0.25, -0.2) is 5.48 Å². The number of para-hydroxylation sites is 2. The van der Waals surface area contributed by atoms with Crippen LogP contribution in [0.15, 0.2) is 72.9 Å². The van der Waals surface area contributed by atoms with E-state index in [1.54, 1.807) is 11.6 Å². The van der Waals surface area contributed by atoms with Gasteiger partial charge in [-0.2, -0.15) is 0 Å². The zero-order valence-electron chi connectivity index (χ0n) is 20.4. The van der Waals surface area contributed by atoms with E-state index in [-0.39, 0.29) is 6.04 Å². The lowest BCUT2D eigenvalue weighted by Gasteiger charge is -2.30. The monoisotopic (exact) mass is 481 g/mol. The highest BCUT2D eigenvalue weighted by atomic mass is 16.5. The van der Waals surface area contributed by atoms with Crippen LogP contribution in [0.1, 0.15) is 45.8 Å². The maximum atomic E-state index is 11.4. The summed E-state index contributed by atoms with van der Waals surface area (Å²) in [6.45, 7) is 3.46. The topological polar surface area (TPSA) is 88.6 Å². The standard InChI is InChI=1S/C30H31N3O3/c1-20-5-4-6-24(30(20)35)19-33(16-15-23-18-31-27-8-3-2-7-25(23)27)28-13-11-22-17-21(9-12-26(22)28)10-14-29(34)32-36/h2-10,12,14,17-18,28,31,35-36H,11,13,15-16,19H2,1H3,(H,32,34). The highest BCUT2D eigenvalue weighted by Gasteiger charge is 2.29. The third-order valence-corrected chi connectivity index (χ3v) is 7.23. The summed E-state index contributed by atoms with van der Waals surface area (Å²) in [6, 6.07) is 20.9. The van der Waals surface area contributed by atoms with E-state index in [0.29, 0.717) is 12.3 Å². The van der Waals surface area contributed by atoms with Crippen molar-refractivity contribution in [2.45, 2.75) is 38.8 Å². The number of carbonyl (C=O) groups is 1. The van der Waals surface area contributed by atoms with Crippen molar-refractivity contribution >= 4 is 22.9 Å². The van der Waals surface area contributed by atoms with Gasteiger partial charge in [0, 0.05) is 47.9 Å². The largest absolute Gasteiger partial charge is 0.507 e. The number of H-pyrrole nitrogens is 1. The molecule has 6 heteroatoms. The molecule has 1 unspecified atom stereocenters. The maximum Gasteiger partial charge on any atom is 0.267 e. The summed E-state index contributed by atoms with van der Waals surface area (Å²) in [5.74, 6) is -0.176. The number of phenolic OH excluding ortho intramolecular Hbond substituents is 1. The number of aromatic amines is 1. The molecule has 0 saturated carbocycles. The number of fused-ring (bicyclic) bond motifs is 2. The molecule has 3 aromatic carbocycles. The van der Waals surface area contributed by atoms with Crippen molar-refractivity contribution in [3.63, 3.8) is 0 Å². The van der Waals surface area contributed by atoms with E-state index in [0.717, 1.165) is 48.0 Å². The number of hydrogen-bond acceptors (Lipinski definition) is 4. The Bertz CT molecular complexity index is 1420. The number of phenols is 1. The molecular formula is C30H31N3O3. The second-order valence-corrected chi connectivity index (χ2v) is 9.48. The van der Waals surface area contributed by atoms with E-state index >= 15 is 0 Å². The molecule has 0 fully saturated rings. The molecule has 5 rings (SSSR count).